The summed E-state index contributed by atoms with van der Waals surface area (Å²) < 4.78 is 0. The predicted molar refractivity (Wildman–Crippen MR) is 139 cm³/mol. The minimum absolute atomic E-state index is 0.245. The molecule has 0 spiro atoms. The predicted octanol–water partition coefficient (Wildman–Crippen LogP) is 5.06. The number of para-hydroxylation sites is 1. The molecule has 180 valence electrons. The van der Waals surface area contributed by atoms with Gasteiger partial charge in [-0.15, -0.1) is 11.3 Å². The van der Waals surface area contributed by atoms with E-state index in [1.54, 1.807) is 24.5 Å². The van der Waals surface area contributed by atoms with Crippen molar-refractivity contribution in [1.82, 2.24) is 15.3 Å². The Morgan fingerprint density at radius 1 is 0.944 bits per heavy atom. The van der Waals surface area contributed by atoms with Crippen LogP contribution in [0.4, 0.5) is 5.69 Å². The largest absolute Gasteiger partial charge is 0.346 e. The van der Waals surface area contributed by atoms with Crippen molar-refractivity contribution in [2.45, 2.75) is 33.2 Å². The van der Waals surface area contributed by atoms with E-state index in [0.29, 0.717) is 29.7 Å². The number of fused-ring (bicyclic) bond motifs is 1. The standard InChI is InChI=1S/C28H24N4O3S/c1-3-17-6-5-7-18(4-2)24(17)32-27(34)22-9-8-20(14-23(22)28(32)35)25(33)30-15-21-16-36-26(31-21)19-10-12-29-13-11-19/h5-14,16H,3-4,15H2,1-2H3,(H,30,33). The number of rotatable bonds is 7. The molecule has 0 unspecified atom stereocenters. The molecule has 4 aromatic rings. The number of anilines is 1. The van der Waals surface area contributed by atoms with Gasteiger partial charge in [0.25, 0.3) is 17.7 Å². The second-order valence-electron chi connectivity index (χ2n) is 8.40. The van der Waals surface area contributed by atoms with Gasteiger partial charge < -0.3 is 5.32 Å². The number of pyridine rings is 1. The number of hydrogen-bond donors (Lipinski definition) is 1. The molecule has 0 radical (unpaired) electrons. The van der Waals surface area contributed by atoms with E-state index in [9.17, 15) is 14.4 Å². The second kappa shape index (κ2) is 9.83. The van der Waals surface area contributed by atoms with Crippen molar-refractivity contribution in [3.63, 3.8) is 0 Å². The highest BCUT2D eigenvalue weighted by atomic mass is 32.1. The zero-order valence-corrected chi connectivity index (χ0v) is 20.8. The van der Waals surface area contributed by atoms with Crippen LogP contribution in [0.3, 0.4) is 0 Å². The van der Waals surface area contributed by atoms with Crippen LogP contribution in [-0.4, -0.2) is 27.7 Å². The van der Waals surface area contributed by atoms with Crippen molar-refractivity contribution in [2.75, 3.05) is 4.90 Å². The van der Waals surface area contributed by atoms with E-state index >= 15 is 0 Å². The second-order valence-corrected chi connectivity index (χ2v) is 9.26. The van der Waals surface area contributed by atoms with E-state index in [0.717, 1.165) is 27.4 Å². The molecule has 0 fully saturated rings. The van der Waals surface area contributed by atoms with E-state index in [-0.39, 0.29) is 23.9 Å². The summed E-state index contributed by atoms with van der Waals surface area (Å²) in [4.78, 5) is 49.4. The first-order valence-electron chi connectivity index (χ1n) is 11.8. The monoisotopic (exact) mass is 496 g/mol. The number of benzene rings is 2. The van der Waals surface area contributed by atoms with Gasteiger partial charge in [-0.1, -0.05) is 32.0 Å². The van der Waals surface area contributed by atoms with Crippen molar-refractivity contribution in [3.8, 4) is 10.6 Å². The molecule has 1 aliphatic rings. The number of nitrogens with one attached hydrogen (secondary N) is 1. The Bertz CT molecular complexity index is 1460. The van der Waals surface area contributed by atoms with Crippen molar-refractivity contribution in [2.24, 2.45) is 0 Å². The number of imide groups is 1. The number of hydrogen-bond acceptors (Lipinski definition) is 6. The Hall–Kier alpha value is -4.17. The minimum Gasteiger partial charge on any atom is -0.346 e. The molecular formula is C28H24N4O3S. The fourth-order valence-corrected chi connectivity index (χ4v) is 5.20. The number of carbonyl (C=O) groups excluding carboxylic acids is 3. The van der Waals surface area contributed by atoms with Gasteiger partial charge >= 0.3 is 0 Å². The summed E-state index contributed by atoms with van der Waals surface area (Å²) >= 11 is 1.49. The van der Waals surface area contributed by atoms with Crippen LogP contribution in [0.5, 0.6) is 0 Å². The van der Waals surface area contributed by atoms with E-state index < -0.39 is 5.91 Å². The third kappa shape index (κ3) is 4.20. The lowest BCUT2D eigenvalue weighted by Crippen LogP contribution is -2.31. The van der Waals surface area contributed by atoms with Crippen LogP contribution in [0, 0.1) is 0 Å². The molecule has 1 N–H and O–H groups in total. The van der Waals surface area contributed by atoms with Gasteiger partial charge in [-0.2, -0.15) is 0 Å². The molecule has 3 heterocycles. The number of aryl methyl sites for hydroxylation is 2. The first-order valence-corrected chi connectivity index (χ1v) is 12.7. The highest BCUT2D eigenvalue weighted by Gasteiger charge is 2.38. The normalized spacial score (nSPS) is 12.7. The van der Waals surface area contributed by atoms with E-state index in [2.05, 4.69) is 15.3 Å². The van der Waals surface area contributed by atoms with Gasteiger partial charge in [-0.05, 0) is 54.3 Å². The third-order valence-corrected chi connectivity index (χ3v) is 7.19. The number of amides is 3. The summed E-state index contributed by atoms with van der Waals surface area (Å²) in [6.07, 6.45) is 4.82. The fourth-order valence-electron chi connectivity index (χ4n) is 4.38. The lowest BCUT2D eigenvalue weighted by Gasteiger charge is -2.21. The molecule has 3 amide bonds. The van der Waals surface area contributed by atoms with Crippen LogP contribution >= 0.6 is 11.3 Å². The van der Waals surface area contributed by atoms with Gasteiger partial charge in [0, 0.05) is 28.9 Å². The molecular weight excluding hydrogens is 472 g/mol. The third-order valence-electron chi connectivity index (χ3n) is 6.25. The smallest absolute Gasteiger partial charge is 0.266 e. The van der Waals surface area contributed by atoms with E-state index in [1.165, 1.54) is 22.3 Å². The zero-order chi connectivity index (χ0) is 25.2. The number of nitrogens with zero attached hydrogens (tertiary/aromatic N) is 3. The van der Waals surface area contributed by atoms with E-state index in [1.807, 2.05) is 49.6 Å². The Labute approximate surface area is 212 Å². The molecule has 36 heavy (non-hydrogen) atoms. The van der Waals surface area contributed by atoms with Gasteiger partial charge in [-0.25, -0.2) is 9.88 Å². The summed E-state index contributed by atoms with van der Waals surface area (Å²) in [5.74, 6) is -1.09. The topological polar surface area (TPSA) is 92.3 Å². The molecule has 2 aromatic heterocycles. The molecule has 2 aromatic carbocycles. The van der Waals surface area contributed by atoms with Crippen molar-refractivity contribution in [1.29, 1.82) is 0 Å². The van der Waals surface area contributed by atoms with Crippen LogP contribution in [0.2, 0.25) is 0 Å². The Balaban J connectivity index is 1.35. The van der Waals surface area contributed by atoms with Gasteiger partial charge in [-0.3, -0.25) is 19.4 Å². The highest BCUT2D eigenvalue weighted by molar-refractivity contribution is 7.13. The van der Waals surface area contributed by atoms with Crippen LogP contribution in [0.15, 0.2) is 66.3 Å². The molecule has 0 saturated carbocycles. The summed E-state index contributed by atoms with van der Waals surface area (Å²) in [5, 5.41) is 5.61. The maximum atomic E-state index is 13.4. The molecule has 0 bridgehead atoms. The zero-order valence-electron chi connectivity index (χ0n) is 19.9. The van der Waals surface area contributed by atoms with Crippen molar-refractivity contribution in [3.05, 3.63) is 99.8 Å². The van der Waals surface area contributed by atoms with Crippen molar-refractivity contribution < 1.29 is 14.4 Å². The van der Waals surface area contributed by atoms with Gasteiger partial charge in [0.1, 0.15) is 5.01 Å². The Morgan fingerprint density at radius 3 is 2.33 bits per heavy atom. The van der Waals surface area contributed by atoms with Crippen LogP contribution in [0.25, 0.3) is 10.6 Å². The lowest BCUT2D eigenvalue weighted by atomic mass is 10.0. The number of aromatic nitrogens is 2. The first kappa shape index (κ1) is 23.6. The molecule has 5 rings (SSSR count). The molecule has 0 atom stereocenters. The van der Waals surface area contributed by atoms with E-state index in [4.69, 9.17) is 0 Å². The molecule has 8 heteroatoms. The molecule has 7 nitrogen and oxygen atoms in total. The van der Waals surface area contributed by atoms with Crippen LogP contribution < -0.4 is 10.2 Å². The average Bonchev–Trinajstić information content (AvgIpc) is 3.49. The number of thiazole rings is 1. The lowest BCUT2D eigenvalue weighted by molar-refractivity contribution is 0.0923. The first-order chi connectivity index (χ1) is 17.5. The van der Waals surface area contributed by atoms with Gasteiger partial charge in [0.2, 0.25) is 0 Å². The average molecular weight is 497 g/mol. The highest BCUT2D eigenvalue weighted by Crippen LogP contribution is 2.34. The maximum absolute atomic E-state index is 13.4. The Kier molecular flexibility index (Phi) is 6.43. The van der Waals surface area contributed by atoms with Gasteiger partial charge in [0.15, 0.2) is 0 Å². The molecule has 0 saturated heterocycles. The summed E-state index contributed by atoms with van der Waals surface area (Å²) in [6, 6.07) is 14.3. The molecule has 0 aliphatic carbocycles. The fraction of sp³-hybridized carbons (Fsp3) is 0.179. The molecule has 1 aliphatic heterocycles. The Morgan fingerprint density at radius 2 is 1.64 bits per heavy atom. The van der Waals surface area contributed by atoms with Crippen LogP contribution in [0.1, 0.15) is 61.7 Å². The summed E-state index contributed by atoms with van der Waals surface area (Å²) in [5.41, 5.74) is 5.12. The summed E-state index contributed by atoms with van der Waals surface area (Å²) in [7, 11) is 0. The van der Waals surface area contributed by atoms with Crippen molar-refractivity contribution >= 4 is 34.7 Å². The number of carbonyl (C=O) groups is 3. The quantitative estimate of drug-likeness (QED) is 0.361. The SMILES string of the molecule is CCc1cccc(CC)c1N1C(=O)c2ccc(C(=O)NCc3csc(-c4ccncc4)n3)cc2C1=O. The minimum atomic E-state index is -0.401. The van der Waals surface area contributed by atoms with Gasteiger partial charge in [0.05, 0.1) is 29.1 Å². The van der Waals surface area contributed by atoms with Crippen LogP contribution in [-0.2, 0) is 19.4 Å². The summed E-state index contributed by atoms with van der Waals surface area (Å²) in [6.45, 7) is 4.25. The maximum Gasteiger partial charge on any atom is 0.266 e.